The molecule has 4 heteroatoms. The third kappa shape index (κ3) is 3.30. The summed E-state index contributed by atoms with van der Waals surface area (Å²) in [4.78, 5) is 5.00. The molecule has 0 aliphatic carbocycles. The van der Waals surface area contributed by atoms with E-state index in [-0.39, 0.29) is 0 Å². The van der Waals surface area contributed by atoms with Crippen LogP contribution in [0.4, 0.5) is 0 Å². The molecule has 78 valence electrons. The van der Waals surface area contributed by atoms with Crippen LogP contribution in [-0.2, 0) is 18.0 Å². The smallest absolute Gasteiger partial charge is 0.183 e. The summed E-state index contributed by atoms with van der Waals surface area (Å²) in [5.41, 5.74) is 1.17. The molecule has 0 aliphatic heterocycles. The zero-order valence-corrected chi connectivity index (χ0v) is 9.59. The predicted molar refractivity (Wildman–Crippen MR) is 62.1 cm³/mol. The molecule has 2 aromatic rings. The number of hydrogen-bond donors (Lipinski definition) is 0. The number of halogens is 1. The van der Waals surface area contributed by atoms with E-state index in [0.29, 0.717) is 17.7 Å². The first-order valence-electron chi connectivity index (χ1n) is 4.56. The molecule has 15 heavy (non-hydrogen) atoms. The SMILES string of the molecule is Clc1ncc(COCc2ccccc2)s1. The van der Waals surface area contributed by atoms with Gasteiger partial charge >= 0.3 is 0 Å². The maximum absolute atomic E-state index is 5.71. The zero-order valence-electron chi connectivity index (χ0n) is 8.02. The van der Waals surface area contributed by atoms with E-state index in [1.54, 1.807) is 6.20 Å². The Hall–Kier alpha value is -0.900. The first kappa shape index (κ1) is 10.6. The van der Waals surface area contributed by atoms with Crippen molar-refractivity contribution in [2.75, 3.05) is 0 Å². The van der Waals surface area contributed by atoms with Crippen molar-refractivity contribution < 1.29 is 4.74 Å². The third-order valence-electron chi connectivity index (χ3n) is 1.88. The maximum Gasteiger partial charge on any atom is 0.183 e. The van der Waals surface area contributed by atoms with Gasteiger partial charge in [-0.05, 0) is 5.56 Å². The van der Waals surface area contributed by atoms with Crippen LogP contribution in [0.3, 0.4) is 0 Å². The molecular formula is C11H10ClNOS. The first-order chi connectivity index (χ1) is 7.34. The highest BCUT2D eigenvalue weighted by Gasteiger charge is 1.99. The Kier molecular flexibility index (Phi) is 3.72. The quantitative estimate of drug-likeness (QED) is 0.815. The Labute approximate surface area is 97.5 Å². The molecule has 0 aliphatic rings. The fourth-order valence-electron chi connectivity index (χ4n) is 1.19. The van der Waals surface area contributed by atoms with Crippen molar-refractivity contribution in [3.05, 3.63) is 51.4 Å². The molecule has 0 bridgehead atoms. The molecule has 0 unspecified atom stereocenters. The summed E-state index contributed by atoms with van der Waals surface area (Å²) in [6, 6.07) is 10.1. The van der Waals surface area contributed by atoms with E-state index >= 15 is 0 Å². The number of hydrogen-bond acceptors (Lipinski definition) is 3. The van der Waals surface area contributed by atoms with E-state index in [1.807, 2.05) is 30.3 Å². The average molecular weight is 240 g/mol. The lowest BCUT2D eigenvalue weighted by atomic mass is 10.2. The first-order valence-corrected chi connectivity index (χ1v) is 5.76. The van der Waals surface area contributed by atoms with Crippen LogP contribution in [0.25, 0.3) is 0 Å². The highest BCUT2D eigenvalue weighted by molar-refractivity contribution is 7.15. The minimum atomic E-state index is 0.563. The Morgan fingerprint density at radius 3 is 2.67 bits per heavy atom. The van der Waals surface area contributed by atoms with E-state index in [0.717, 1.165) is 4.88 Å². The molecule has 0 radical (unpaired) electrons. The molecule has 0 saturated carbocycles. The van der Waals surface area contributed by atoms with Gasteiger partial charge in [0.2, 0.25) is 0 Å². The van der Waals surface area contributed by atoms with Crippen LogP contribution in [0.15, 0.2) is 36.5 Å². The second-order valence-electron chi connectivity index (χ2n) is 3.06. The van der Waals surface area contributed by atoms with Crippen molar-refractivity contribution in [3.63, 3.8) is 0 Å². The molecular weight excluding hydrogens is 230 g/mol. The summed E-state index contributed by atoms with van der Waals surface area (Å²) >= 11 is 7.16. The number of benzene rings is 1. The van der Waals surface area contributed by atoms with Gasteiger partial charge in [-0.3, -0.25) is 0 Å². The van der Waals surface area contributed by atoms with Crippen molar-refractivity contribution in [1.82, 2.24) is 4.98 Å². The monoisotopic (exact) mass is 239 g/mol. The predicted octanol–water partition coefficient (Wildman–Crippen LogP) is 3.51. The minimum Gasteiger partial charge on any atom is -0.371 e. The molecule has 2 rings (SSSR count). The summed E-state index contributed by atoms with van der Waals surface area (Å²) in [5.74, 6) is 0. The van der Waals surface area contributed by atoms with Crippen molar-refractivity contribution >= 4 is 22.9 Å². The van der Waals surface area contributed by atoms with E-state index in [1.165, 1.54) is 16.9 Å². The summed E-state index contributed by atoms with van der Waals surface area (Å²) < 4.78 is 6.09. The van der Waals surface area contributed by atoms with Crippen molar-refractivity contribution in [2.45, 2.75) is 13.2 Å². The fraction of sp³-hybridized carbons (Fsp3) is 0.182. The van der Waals surface area contributed by atoms with Crippen molar-refractivity contribution in [3.8, 4) is 0 Å². The molecule has 1 aromatic heterocycles. The standard InChI is InChI=1S/C11H10ClNOS/c12-11-13-6-10(15-11)8-14-7-9-4-2-1-3-5-9/h1-6H,7-8H2. The van der Waals surface area contributed by atoms with Gasteiger partial charge in [-0.15, -0.1) is 11.3 Å². The van der Waals surface area contributed by atoms with Crippen LogP contribution in [-0.4, -0.2) is 4.98 Å². The average Bonchev–Trinajstić information content (AvgIpc) is 2.66. The molecule has 0 atom stereocenters. The highest BCUT2D eigenvalue weighted by atomic mass is 35.5. The van der Waals surface area contributed by atoms with Crippen LogP contribution >= 0.6 is 22.9 Å². The van der Waals surface area contributed by atoms with Gasteiger partial charge in [0, 0.05) is 6.20 Å². The van der Waals surface area contributed by atoms with Gasteiger partial charge in [-0.2, -0.15) is 0 Å². The van der Waals surface area contributed by atoms with Crippen LogP contribution < -0.4 is 0 Å². The molecule has 2 nitrogen and oxygen atoms in total. The van der Waals surface area contributed by atoms with E-state index in [9.17, 15) is 0 Å². The van der Waals surface area contributed by atoms with E-state index in [4.69, 9.17) is 16.3 Å². The Bertz CT molecular complexity index is 416. The summed E-state index contributed by atoms with van der Waals surface area (Å²) in [7, 11) is 0. The minimum absolute atomic E-state index is 0.563. The second kappa shape index (κ2) is 5.26. The number of rotatable bonds is 4. The molecule has 1 heterocycles. The van der Waals surface area contributed by atoms with E-state index in [2.05, 4.69) is 4.98 Å². The van der Waals surface area contributed by atoms with Crippen LogP contribution in [0.1, 0.15) is 10.4 Å². The Morgan fingerprint density at radius 2 is 2.00 bits per heavy atom. The lowest BCUT2D eigenvalue weighted by Gasteiger charge is -2.01. The Morgan fingerprint density at radius 1 is 1.20 bits per heavy atom. The van der Waals surface area contributed by atoms with Crippen molar-refractivity contribution in [1.29, 1.82) is 0 Å². The van der Waals surface area contributed by atoms with Gasteiger partial charge in [0.25, 0.3) is 0 Å². The Balaban J connectivity index is 1.80. The van der Waals surface area contributed by atoms with Gasteiger partial charge < -0.3 is 4.74 Å². The van der Waals surface area contributed by atoms with Gasteiger partial charge in [0.05, 0.1) is 18.1 Å². The maximum atomic E-state index is 5.71. The van der Waals surface area contributed by atoms with Gasteiger partial charge in [-0.1, -0.05) is 41.9 Å². The molecule has 0 amide bonds. The fourth-order valence-corrected chi connectivity index (χ4v) is 2.11. The second-order valence-corrected chi connectivity index (χ2v) is 4.76. The van der Waals surface area contributed by atoms with Gasteiger partial charge in [0.1, 0.15) is 0 Å². The zero-order chi connectivity index (χ0) is 10.5. The normalized spacial score (nSPS) is 10.5. The highest BCUT2D eigenvalue weighted by Crippen LogP contribution is 2.18. The van der Waals surface area contributed by atoms with Crippen LogP contribution in [0, 0.1) is 0 Å². The summed E-state index contributed by atoms with van der Waals surface area (Å²) in [6.07, 6.45) is 1.75. The summed E-state index contributed by atoms with van der Waals surface area (Å²) in [5, 5.41) is 0. The number of nitrogens with zero attached hydrogens (tertiary/aromatic N) is 1. The topological polar surface area (TPSA) is 22.1 Å². The van der Waals surface area contributed by atoms with E-state index < -0.39 is 0 Å². The number of aromatic nitrogens is 1. The van der Waals surface area contributed by atoms with Crippen molar-refractivity contribution in [2.24, 2.45) is 0 Å². The largest absolute Gasteiger partial charge is 0.371 e. The molecule has 0 N–H and O–H groups in total. The molecule has 0 fully saturated rings. The molecule has 1 aromatic carbocycles. The summed E-state index contributed by atoms with van der Waals surface area (Å²) in [6.45, 7) is 1.19. The molecule has 0 spiro atoms. The number of ether oxygens (including phenoxy) is 1. The van der Waals surface area contributed by atoms with Gasteiger partial charge in [0.15, 0.2) is 4.47 Å². The van der Waals surface area contributed by atoms with Gasteiger partial charge in [-0.25, -0.2) is 4.98 Å². The van der Waals surface area contributed by atoms with Crippen LogP contribution in [0.2, 0.25) is 4.47 Å². The number of thiazole rings is 1. The lowest BCUT2D eigenvalue weighted by Crippen LogP contribution is -1.91. The lowest BCUT2D eigenvalue weighted by molar-refractivity contribution is 0.109. The van der Waals surface area contributed by atoms with Crippen LogP contribution in [0.5, 0.6) is 0 Å². The molecule has 0 saturated heterocycles. The third-order valence-corrected chi connectivity index (χ3v) is 2.97.